The van der Waals surface area contributed by atoms with Gasteiger partial charge in [-0.25, -0.2) is 19.5 Å². The Kier molecular flexibility index (Phi) is 4.18. The summed E-state index contributed by atoms with van der Waals surface area (Å²) in [7, 11) is 0. The Bertz CT molecular complexity index is 1020. The van der Waals surface area contributed by atoms with E-state index in [0.29, 0.717) is 23.6 Å². The van der Waals surface area contributed by atoms with Gasteiger partial charge in [0.2, 0.25) is 0 Å². The second-order valence-electron chi connectivity index (χ2n) is 5.40. The van der Waals surface area contributed by atoms with Crippen LogP contribution in [0.4, 0.5) is 8.78 Å². The average Bonchev–Trinajstić information content (AvgIpc) is 3.06. The monoisotopic (exact) mass is 354 g/mol. The molecule has 26 heavy (non-hydrogen) atoms. The lowest BCUT2D eigenvalue weighted by atomic mass is 10.1. The van der Waals surface area contributed by atoms with Gasteiger partial charge < -0.3 is 4.74 Å². The highest BCUT2D eigenvalue weighted by Crippen LogP contribution is 2.20. The number of halogens is 2. The van der Waals surface area contributed by atoms with Gasteiger partial charge in [0.25, 0.3) is 0 Å². The van der Waals surface area contributed by atoms with E-state index in [0.717, 1.165) is 11.1 Å². The van der Waals surface area contributed by atoms with Crippen molar-refractivity contribution in [3.05, 3.63) is 66.8 Å². The molecule has 4 aromatic rings. The molecule has 0 unspecified atom stereocenters. The summed E-state index contributed by atoms with van der Waals surface area (Å²) in [6.07, 6.45) is 8.54. The molecule has 0 saturated heterocycles. The van der Waals surface area contributed by atoms with E-state index in [1.807, 2.05) is 0 Å². The fourth-order valence-electron chi connectivity index (χ4n) is 2.53. The quantitative estimate of drug-likeness (QED) is 0.548. The van der Waals surface area contributed by atoms with Crippen LogP contribution in [0.5, 0.6) is 5.75 Å². The number of hydrogen-bond donors (Lipinski definition) is 0. The van der Waals surface area contributed by atoms with Crippen molar-refractivity contribution in [2.75, 3.05) is 0 Å². The smallest absolute Gasteiger partial charge is 0.387 e. The first-order valence-corrected chi connectivity index (χ1v) is 7.68. The third kappa shape index (κ3) is 3.32. The summed E-state index contributed by atoms with van der Waals surface area (Å²) >= 11 is 0. The van der Waals surface area contributed by atoms with Crippen molar-refractivity contribution in [3.8, 4) is 17.0 Å². The summed E-state index contributed by atoms with van der Waals surface area (Å²) in [5.74, 6) is 0.695. The average molecular weight is 354 g/mol. The van der Waals surface area contributed by atoms with Gasteiger partial charge in [0.05, 0.1) is 0 Å². The number of benzene rings is 1. The predicted octanol–water partition coefficient (Wildman–Crippen LogP) is 2.77. The Morgan fingerprint density at radius 1 is 1.08 bits per heavy atom. The first-order chi connectivity index (χ1) is 12.7. The van der Waals surface area contributed by atoms with Crippen molar-refractivity contribution < 1.29 is 13.5 Å². The minimum Gasteiger partial charge on any atom is -0.435 e. The number of fused-ring (bicyclic) bond motifs is 1. The van der Waals surface area contributed by atoms with Gasteiger partial charge in [0, 0.05) is 36.8 Å². The van der Waals surface area contributed by atoms with Gasteiger partial charge in [-0.15, -0.1) is 0 Å². The van der Waals surface area contributed by atoms with E-state index in [1.165, 1.54) is 18.5 Å². The largest absolute Gasteiger partial charge is 0.435 e. The van der Waals surface area contributed by atoms with Gasteiger partial charge in [-0.3, -0.25) is 4.98 Å². The summed E-state index contributed by atoms with van der Waals surface area (Å²) < 4.78 is 30.4. The molecule has 0 radical (unpaired) electrons. The topological polar surface area (TPSA) is 78.1 Å². The molecule has 0 amide bonds. The van der Waals surface area contributed by atoms with Crippen LogP contribution in [0.2, 0.25) is 0 Å². The fraction of sp³-hybridized carbons (Fsp3) is 0.118. The molecule has 0 fully saturated rings. The van der Waals surface area contributed by atoms with Crippen LogP contribution < -0.4 is 4.74 Å². The molecule has 0 bridgehead atoms. The molecule has 0 N–H and O–H groups in total. The van der Waals surface area contributed by atoms with Crippen LogP contribution in [-0.2, 0) is 6.42 Å². The van der Waals surface area contributed by atoms with Gasteiger partial charge in [-0.05, 0) is 17.7 Å². The van der Waals surface area contributed by atoms with Crippen molar-refractivity contribution in [2.45, 2.75) is 13.0 Å². The second-order valence-corrected chi connectivity index (χ2v) is 5.40. The zero-order chi connectivity index (χ0) is 17.9. The van der Waals surface area contributed by atoms with E-state index >= 15 is 0 Å². The number of alkyl halides is 2. The fourth-order valence-corrected chi connectivity index (χ4v) is 2.53. The Balaban J connectivity index is 1.62. The van der Waals surface area contributed by atoms with Crippen molar-refractivity contribution >= 4 is 5.65 Å². The Morgan fingerprint density at radius 2 is 1.85 bits per heavy atom. The van der Waals surface area contributed by atoms with Gasteiger partial charge in [-0.1, -0.05) is 12.1 Å². The Hall–Kier alpha value is -3.49. The highest BCUT2D eigenvalue weighted by molar-refractivity contribution is 5.71. The first-order valence-electron chi connectivity index (χ1n) is 7.68. The summed E-state index contributed by atoms with van der Waals surface area (Å²) in [6.45, 7) is -2.84. The van der Waals surface area contributed by atoms with Crippen LogP contribution in [0.25, 0.3) is 16.9 Å². The predicted molar refractivity (Wildman–Crippen MR) is 87.7 cm³/mol. The highest BCUT2D eigenvalue weighted by Gasteiger charge is 2.12. The van der Waals surface area contributed by atoms with E-state index < -0.39 is 6.61 Å². The van der Waals surface area contributed by atoms with Crippen molar-refractivity contribution in [3.63, 3.8) is 0 Å². The lowest BCUT2D eigenvalue weighted by Gasteiger charge is -2.04. The molecule has 0 aliphatic rings. The zero-order valence-electron chi connectivity index (χ0n) is 13.3. The lowest BCUT2D eigenvalue weighted by Crippen LogP contribution is -2.01. The Labute approximate surface area is 146 Å². The van der Waals surface area contributed by atoms with Crippen molar-refractivity contribution in [2.24, 2.45) is 0 Å². The molecule has 0 atom stereocenters. The molecule has 0 saturated carbocycles. The van der Waals surface area contributed by atoms with E-state index in [-0.39, 0.29) is 5.75 Å². The van der Waals surface area contributed by atoms with E-state index in [2.05, 4.69) is 29.8 Å². The molecule has 7 nitrogen and oxygen atoms in total. The van der Waals surface area contributed by atoms with Gasteiger partial charge in [-0.2, -0.15) is 13.9 Å². The molecule has 4 rings (SSSR count). The normalized spacial score (nSPS) is 11.2. The molecule has 3 aromatic heterocycles. The third-order valence-corrected chi connectivity index (χ3v) is 3.64. The molecule has 3 heterocycles. The first kappa shape index (κ1) is 16.0. The van der Waals surface area contributed by atoms with Gasteiger partial charge in [0.15, 0.2) is 11.5 Å². The summed E-state index contributed by atoms with van der Waals surface area (Å²) in [5.41, 5.74) is 2.84. The number of nitrogens with zero attached hydrogens (tertiary/aromatic N) is 6. The van der Waals surface area contributed by atoms with Crippen molar-refractivity contribution in [1.29, 1.82) is 0 Å². The minimum absolute atomic E-state index is 0.113. The molecule has 0 aliphatic carbocycles. The molecule has 0 spiro atoms. The summed E-state index contributed by atoms with van der Waals surface area (Å²) in [4.78, 5) is 16.9. The molecule has 0 aliphatic heterocycles. The van der Waals surface area contributed by atoms with Crippen LogP contribution >= 0.6 is 0 Å². The maximum Gasteiger partial charge on any atom is 0.387 e. The molecule has 9 heteroatoms. The number of rotatable bonds is 5. The minimum atomic E-state index is -2.84. The second kappa shape index (κ2) is 6.79. The van der Waals surface area contributed by atoms with Gasteiger partial charge in [0.1, 0.15) is 17.8 Å². The summed E-state index contributed by atoms with van der Waals surface area (Å²) in [5, 5.41) is 4.44. The lowest BCUT2D eigenvalue weighted by molar-refractivity contribution is -0.0498. The maximum atomic E-state index is 12.2. The van der Waals surface area contributed by atoms with Crippen molar-refractivity contribution in [1.82, 2.24) is 29.5 Å². The van der Waals surface area contributed by atoms with Crippen LogP contribution in [0, 0.1) is 0 Å². The Morgan fingerprint density at radius 3 is 2.58 bits per heavy atom. The molecular formula is C17H12F2N6O. The standard InChI is InChI=1S/C17H12F2N6O/c18-17(19)26-13-3-1-11(2-4-13)7-14-23-16-15(12-8-20-10-21-9-12)22-5-6-25(16)24-14/h1-6,8-10,17H,7H2. The molecule has 130 valence electrons. The van der Waals surface area contributed by atoms with E-state index in [9.17, 15) is 8.78 Å². The van der Waals surface area contributed by atoms with Crippen LogP contribution in [0.1, 0.15) is 11.4 Å². The van der Waals surface area contributed by atoms with Crippen LogP contribution in [0.15, 0.2) is 55.4 Å². The molecule has 1 aromatic carbocycles. The number of ether oxygens (including phenoxy) is 1. The maximum absolute atomic E-state index is 12.2. The summed E-state index contributed by atoms with van der Waals surface area (Å²) in [6, 6.07) is 6.39. The highest BCUT2D eigenvalue weighted by atomic mass is 19.3. The van der Waals surface area contributed by atoms with E-state index in [1.54, 1.807) is 41.4 Å². The molecular weight excluding hydrogens is 342 g/mol. The SMILES string of the molecule is FC(F)Oc1ccc(Cc2nc3c(-c4cncnc4)nccn3n2)cc1. The third-order valence-electron chi connectivity index (χ3n) is 3.64. The van der Waals surface area contributed by atoms with Crippen LogP contribution in [0.3, 0.4) is 0 Å². The number of hydrogen-bond acceptors (Lipinski definition) is 6. The zero-order valence-corrected chi connectivity index (χ0v) is 13.3. The van der Waals surface area contributed by atoms with Gasteiger partial charge >= 0.3 is 6.61 Å². The van der Waals surface area contributed by atoms with Crippen LogP contribution in [-0.4, -0.2) is 36.2 Å². The number of aromatic nitrogens is 6. The van der Waals surface area contributed by atoms with E-state index in [4.69, 9.17) is 0 Å².